The Labute approximate surface area is 134 Å². The van der Waals surface area contributed by atoms with Gasteiger partial charge in [0.15, 0.2) is 16.5 Å². The standard InChI is InChI=1S/C12H11N9OS/c1-6-8(18-19-11-7(10(14)22)5-17-23-11)9(13)21(20-6)12-15-3-2-4-16-12/h2-5H,13H2,1H3,(H2,14,22). The van der Waals surface area contributed by atoms with Crippen LogP contribution in [0.2, 0.25) is 0 Å². The van der Waals surface area contributed by atoms with E-state index in [9.17, 15) is 4.79 Å². The zero-order valence-electron chi connectivity index (χ0n) is 11.9. The van der Waals surface area contributed by atoms with Gasteiger partial charge in [-0.2, -0.15) is 14.2 Å². The highest BCUT2D eigenvalue weighted by Crippen LogP contribution is 2.31. The molecule has 10 nitrogen and oxygen atoms in total. The number of anilines is 1. The Morgan fingerprint density at radius 1 is 1.30 bits per heavy atom. The lowest BCUT2D eigenvalue weighted by Crippen LogP contribution is -2.09. The van der Waals surface area contributed by atoms with Gasteiger partial charge >= 0.3 is 0 Å². The lowest BCUT2D eigenvalue weighted by Gasteiger charge is -2.00. The van der Waals surface area contributed by atoms with Gasteiger partial charge in [-0.15, -0.1) is 10.2 Å². The van der Waals surface area contributed by atoms with Crippen LogP contribution >= 0.6 is 11.5 Å². The van der Waals surface area contributed by atoms with E-state index in [4.69, 9.17) is 11.5 Å². The molecule has 0 aliphatic heterocycles. The number of amides is 1. The van der Waals surface area contributed by atoms with Gasteiger partial charge in [0.05, 0.1) is 17.5 Å². The Kier molecular flexibility index (Phi) is 3.76. The van der Waals surface area contributed by atoms with Crippen LogP contribution in [-0.4, -0.2) is 30.0 Å². The van der Waals surface area contributed by atoms with Crippen LogP contribution in [0.4, 0.5) is 16.5 Å². The molecule has 0 unspecified atom stereocenters. The highest BCUT2D eigenvalue weighted by atomic mass is 32.1. The maximum absolute atomic E-state index is 11.2. The molecule has 23 heavy (non-hydrogen) atoms. The predicted molar refractivity (Wildman–Crippen MR) is 83.1 cm³/mol. The molecule has 3 aromatic rings. The van der Waals surface area contributed by atoms with Crippen LogP contribution in [0.25, 0.3) is 5.95 Å². The zero-order chi connectivity index (χ0) is 16.4. The number of aromatic nitrogens is 5. The van der Waals surface area contributed by atoms with Gasteiger partial charge in [0.25, 0.3) is 11.9 Å². The van der Waals surface area contributed by atoms with Crippen molar-refractivity contribution in [2.24, 2.45) is 16.0 Å². The first-order valence-corrected chi connectivity index (χ1v) is 7.14. The number of nitrogen functional groups attached to an aromatic ring is 1. The third-order valence-corrected chi connectivity index (χ3v) is 3.55. The Balaban J connectivity index is 1.98. The van der Waals surface area contributed by atoms with Crippen molar-refractivity contribution >= 4 is 33.9 Å². The summed E-state index contributed by atoms with van der Waals surface area (Å²) >= 11 is 1.01. The van der Waals surface area contributed by atoms with Crippen molar-refractivity contribution in [3.8, 4) is 5.95 Å². The molecule has 3 rings (SSSR count). The van der Waals surface area contributed by atoms with E-state index in [0.717, 1.165) is 11.5 Å². The molecule has 116 valence electrons. The molecule has 0 fully saturated rings. The first kappa shape index (κ1) is 14.7. The molecule has 3 heterocycles. The third-order valence-electron chi connectivity index (χ3n) is 2.86. The predicted octanol–water partition coefficient (Wildman–Crippen LogP) is 1.52. The number of nitrogens with two attached hydrogens (primary N) is 2. The second kappa shape index (κ2) is 5.88. The number of primary amides is 1. The molecule has 0 aromatic carbocycles. The van der Waals surface area contributed by atoms with Crippen molar-refractivity contribution < 1.29 is 4.79 Å². The van der Waals surface area contributed by atoms with E-state index in [1.165, 1.54) is 10.9 Å². The number of azo groups is 1. The van der Waals surface area contributed by atoms with Crippen molar-refractivity contribution in [3.63, 3.8) is 0 Å². The smallest absolute Gasteiger partial charge is 0.253 e. The highest BCUT2D eigenvalue weighted by molar-refractivity contribution is 7.10. The molecule has 0 bridgehead atoms. The molecule has 0 saturated heterocycles. The third kappa shape index (κ3) is 2.76. The van der Waals surface area contributed by atoms with Crippen LogP contribution in [0.15, 0.2) is 34.9 Å². The Morgan fingerprint density at radius 3 is 2.74 bits per heavy atom. The molecule has 0 radical (unpaired) electrons. The van der Waals surface area contributed by atoms with Crippen LogP contribution in [-0.2, 0) is 0 Å². The molecule has 3 aromatic heterocycles. The van der Waals surface area contributed by atoms with Crippen molar-refractivity contribution in [3.05, 3.63) is 35.9 Å². The number of hydrogen-bond acceptors (Lipinski definition) is 9. The molecule has 0 saturated carbocycles. The molecule has 1 amide bonds. The summed E-state index contributed by atoms with van der Waals surface area (Å²) in [5.41, 5.74) is 12.4. The Morgan fingerprint density at radius 2 is 2.04 bits per heavy atom. The van der Waals surface area contributed by atoms with Gasteiger partial charge in [0.2, 0.25) is 0 Å². The molecule has 0 aliphatic carbocycles. The Bertz CT molecular complexity index is 883. The highest BCUT2D eigenvalue weighted by Gasteiger charge is 2.16. The first-order chi connectivity index (χ1) is 11.1. The summed E-state index contributed by atoms with van der Waals surface area (Å²) in [7, 11) is 0. The van der Waals surface area contributed by atoms with E-state index in [-0.39, 0.29) is 11.4 Å². The van der Waals surface area contributed by atoms with Gasteiger partial charge in [-0.1, -0.05) is 0 Å². The summed E-state index contributed by atoms with van der Waals surface area (Å²) in [4.78, 5) is 19.4. The minimum atomic E-state index is -0.620. The van der Waals surface area contributed by atoms with Gasteiger partial charge in [-0.3, -0.25) is 4.79 Å². The molecular weight excluding hydrogens is 318 g/mol. The number of aryl methyl sites for hydroxylation is 1. The maximum atomic E-state index is 11.2. The lowest BCUT2D eigenvalue weighted by atomic mass is 10.3. The second-order valence-corrected chi connectivity index (χ2v) is 5.17. The summed E-state index contributed by atoms with van der Waals surface area (Å²) in [6.07, 6.45) is 4.51. The summed E-state index contributed by atoms with van der Waals surface area (Å²) in [6.45, 7) is 1.73. The number of nitrogens with zero attached hydrogens (tertiary/aromatic N) is 7. The van der Waals surface area contributed by atoms with Crippen molar-refractivity contribution in [1.82, 2.24) is 24.1 Å². The maximum Gasteiger partial charge on any atom is 0.253 e. The summed E-state index contributed by atoms with van der Waals surface area (Å²) in [5.74, 6) is -0.0569. The average molecular weight is 329 g/mol. The van der Waals surface area contributed by atoms with Gasteiger partial charge < -0.3 is 11.5 Å². The minimum absolute atomic E-state index is 0.203. The zero-order valence-corrected chi connectivity index (χ0v) is 12.7. The molecule has 0 atom stereocenters. The van der Waals surface area contributed by atoms with E-state index in [0.29, 0.717) is 22.3 Å². The van der Waals surface area contributed by atoms with Gasteiger partial charge in [-0.25, -0.2) is 9.97 Å². The lowest BCUT2D eigenvalue weighted by molar-refractivity contribution is 0.100. The summed E-state index contributed by atoms with van der Waals surface area (Å²) in [6, 6.07) is 1.69. The number of carbonyl (C=O) groups excluding carboxylic acids is 1. The molecule has 11 heteroatoms. The monoisotopic (exact) mass is 329 g/mol. The quantitative estimate of drug-likeness (QED) is 0.692. The fourth-order valence-electron chi connectivity index (χ4n) is 1.78. The summed E-state index contributed by atoms with van der Waals surface area (Å²) in [5, 5.41) is 12.6. The normalized spacial score (nSPS) is 11.2. The van der Waals surface area contributed by atoms with Crippen LogP contribution < -0.4 is 11.5 Å². The minimum Gasteiger partial charge on any atom is -0.382 e. The topological polar surface area (TPSA) is 150 Å². The largest absolute Gasteiger partial charge is 0.382 e. The average Bonchev–Trinajstić information content (AvgIpc) is 3.12. The van der Waals surface area contributed by atoms with Gasteiger partial charge in [-0.05, 0) is 24.5 Å². The van der Waals surface area contributed by atoms with Crippen LogP contribution in [0.1, 0.15) is 16.1 Å². The number of hydrogen-bond donors (Lipinski definition) is 2. The van der Waals surface area contributed by atoms with Crippen LogP contribution in [0, 0.1) is 6.92 Å². The van der Waals surface area contributed by atoms with E-state index in [1.807, 2.05) is 0 Å². The SMILES string of the molecule is Cc1nn(-c2ncccn2)c(N)c1N=Nc1sncc1C(N)=O. The first-order valence-electron chi connectivity index (χ1n) is 6.36. The Hall–Kier alpha value is -3.21. The van der Waals surface area contributed by atoms with Gasteiger partial charge in [0.1, 0.15) is 0 Å². The van der Waals surface area contributed by atoms with E-state index >= 15 is 0 Å². The van der Waals surface area contributed by atoms with Crippen LogP contribution in [0.3, 0.4) is 0 Å². The fraction of sp³-hybridized carbons (Fsp3) is 0.0833. The van der Waals surface area contributed by atoms with Gasteiger partial charge in [0, 0.05) is 12.4 Å². The second-order valence-electron chi connectivity index (χ2n) is 4.39. The number of rotatable bonds is 4. The van der Waals surface area contributed by atoms with Crippen molar-refractivity contribution in [2.45, 2.75) is 6.92 Å². The van der Waals surface area contributed by atoms with Crippen molar-refractivity contribution in [1.29, 1.82) is 0 Å². The molecule has 0 aliphatic rings. The molecular formula is C12H11N9OS. The van der Waals surface area contributed by atoms with Crippen molar-refractivity contribution in [2.75, 3.05) is 5.73 Å². The van der Waals surface area contributed by atoms with E-state index < -0.39 is 5.91 Å². The number of carbonyl (C=O) groups is 1. The van der Waals surface area contributed by atoms with E-state index in [2.05, 4.69) is 29.7 Å². The summed E-state index contributed by atoms with van der Waals surface area (Å²) < 4.78 is 5.23. The fourth-order valence-corrected chi connectivity index (χ4v) is 2.37. The van der Waals surface area contributed by atoms with Crippen LogP contribution in [0.5, 0.6) is 0 Å². The molecule has 0 spiro atoms. The van der Waals surface area contributed by atoms with E-state index in [1.54, 1.807) is 25.4 Å². The molecule has 4 N–H and O–H groups in total.